The lowest BCUT2D eigenvalue weighted by molar-refractivity contribution is 0.121. The number of rotatable bonds is 1. The average molecular weight is 206 g/mol. The first kappa shape index (κ1) is 9.21. The van der Waals surface area contributed by atoms with E-state index in [0.29, 0.717) is 11.6 Å². The van der Waals surface area contributed by atoms with E-state index in [-0.39, 0.29) is 0 Å². The smallest absolute Gasteiger partial charge is 0.0719 e. The molecule has 3 rings (SSSR count). The van der Waals surface area contributed by atoms with E-state index in [1.54, 1.807) is 6.20 Å². The molecule has 0 aromatic carbocycles. The van der Waals surface area contributed by atoms with Gasteiger partial charge < -0.3 is 10.6 Å². The first-order valence-electron chi connectivity index (χ1n) is 5.70. The van der Waals surface area contributed by atoms with E-state index >= 15 is 0 Å². The third-order valence-electron chi connectivity index (χ3n) is 4.05. The number of hydrogen-bond donors (Lipinski definition) is 1. The fourth-order valence-corrected chi connectivity index (χ4v) is 2.78. The van der Waals surface area contributed by atoms with Crippen LogP contribution in [0.15, 0.2) is 12.4 Å². The molecule has 82 valence electrons. The van der Waals surface area contributed by atoms with Crippen LogP contribution in [0.5, 0.6) is 0 Å². The molecule has 1 spiro atoms. The Bertz CT molecular complexity index is 366. The van der Waals surface area contributed by atoms with E-state index in [9.17, 15) is 0 Å². The fourth-order valence-electron chi connectivity index (χ4n) is 2.78. The van der Waals surface area contributed by atoms with Crippen molar-refractivity contribution < 1.29 is 0 Å². The molecule has 1 unspecified atom stereocenters. The van der Waals surface area contributed by atoms with Gasteiger partial charge in [-0.1, -0.05) is 0 Å². The highest BCUT2D eigenvalue weighted by Gasteiger charge is 2.50. The molecule has 1 aliphatic carbocycles. The van der Waals surface area contributed by atoms with Crippen LogP contribution in [0.4, 0.5) is 5.69 Å². The van der Waals surface area contributed by atoms with Crippen molar-refractivity contribution >= 4 is 5.69 Å². The molecule has 1 aromatic rings. The summed E-state index contributed by atoms with van der Waals surface area (Å²) in [6.07, 6.45) is 8.86. The van der Waals surface area contributed by atoms with E-state index in [1.165, 1.54) is 32.2 Å². The molecule has 2 aliphatic rings. The Morgan fingerprint density at radius 2 is 2.33 bits per heavy atom. The Morgan fingerprint density at radius 1 is 1.53 bits per heavy atom. The highest BCUT2D eigenvalue weighted by Crippen LogP contribution is 2.50. The summed E-state index contributed by atoms with van der Waals surface area (Å²) in [4.78, 5) is 2.52. The van der Waals surface area contributed by atoms with E-state index < -0.39 is 0 Å². The van der Waals surface area contributed by atoms with E-state index in [1.807, 2.05) is 6.20 Å². The summed E-state index contributed by atoms with van der Waals surface area (Å²) in [6.45, 7) is 1.18. The van der Waals surface area contributed by atoms with Gasteiger partial charge in [-0.05, 0) is 32.7 Å². The number of nitrogen functional groups attached to an aromatic ring is 1. The maximum atomic E-state index is 5.70. The van der Waals surface area contributed by atoms with Gasteiger partial charge in [-0.15, -0.1) is 0 Å². The molecule has 2 N–H and O–H groups in total. The number of piperidine rings is 1. The summed E-state index contributed by atoms with van der Waals surface area (Å²) in [5.41, 5.74) is 6.98. The van der Waals surface area contributed by atoms with Crippen molar-refractivity contribution in [1.29, 1.82) is 0 Å². The zero-order chi connectivity index (χ0) is 10.5. The Labute approximate surface area is 90.0 Å². The summed E-state index contributed by atoms with van der Waals surface area (Å²) < 4.78 is 2.06. The van der Waals surface area contributed by atoms with Crippen LogP contribution in [-0.2, 0) is 0 Å². The monoisotopic (exact) mass is 206 g/mol. The predicted octanol–water partition coefficient (Wildman–Crippen LogP) is 1.26. The normalized spacial score (nSPS) is 29.5. The van der Waals surface area contributed by atoms with Crippen molar-refractivity contribution in [3.63, 3.8) is 0 Å². The van der Waals surface area contributed by atoms with Crippen LogP contribution in [0.25, 0.3) is 0 Å². The maximum Gasteiger partial charge on any atom is 0.0719 e. The molecule has 0 bridgehead atoms. The summed E-state index contributed by atoms with van der Waals surface area (Å²) in [5.74, 6) is 0. The highest BCUT2D eigenvalue weighted by molar-refractivity contribution is 5.30. The quantitative estimate of drug-likeness (QED) is 0.752. The van der Waals surface area contributed by atoms with Crippen LogP contribution >= 0.6 is 0 Å². The molecule has 2 fully saturated rings. The average Bonchev–Trinajstić information content (AvgIpc) is 2.86. The maximum absolute atomic E-state index is 5.70. The Morgan fingerprint density at radius 3 is 2.93 bits per heavy atom. The lowest BCUT2D eigenvalue weighted by Gasteiger charge is -2.37. The number of nitrogens with two attached hydrogens (primary N) is 1. The van der Waals surface area contributed by atoms with Gasteiger partial charge in [0.2, 0.25) is 0 Å². The standard InChI is InChI=1S/C11H18N4/c1-14-5-2-10(6-11(14)3-4-11)15-8-9(12)7-13-15/h7-8,10H,2-6,12H2,1H3. The van der Waals surface area contributed by atoms with Gasteiger partial charge in [0, 0.05) is 18.3 Å². The lowest BCUT2D eigenvalue weighted by atomic mass is 9.96. The summed E-state index contributed by atoms with van der Waals surface area (Å²) in [5, 5.41) is 4.33. The van der Waals surface area contributed by atoms with Gasteiger partial charge in [0.25, 0.3) is 0 Å². The van der Waals surface area contributed by atoms with Crippen molar-refractivity contribution in [2.45, 2.75) is 37.3 Å². The predicted molar refractivity (Wildman–Crippen MR) is 59.5 cm³/mol. The second-order valence-corrected chi connectivity index (χ2v) is 5.05. The first-order valence-corrected chi connectivity index (χ1v) is 5.70. The molecular formula is C11H18N4. The zero-order valence-corrected chi connectivity index (χ0v) is 9.19. The minimum Gasteiger partial charge on any atom is -0.396 e. The lowest BCUT2D eigenvalue weighted by Crippen LogP contribution is -2.42. The van der Waals surface area contributed by atoms with E-state index in [2.05, 4.69) is 21.7 Å². The van der Waals surface area contributed by atoms with Gasteiger partial charge >= 0.3 is 0 Å². The second-order valence-electron chi connectivity index (χ2n) is 5.05. The van der Waals surface area contributed by atoms with Gasteiger partial charge in [-0.25, -0.2) is 0 Å². The fraction of sp³-hybridized carbons (Fsp3) is 0.727. The Balaban J connectivity index is 1.79. The van der Waals surface area contributed by atoms with Crippen molar-refractivity contribution in [3.05, 3.63) is 12.4 Å². The van der Waals surface area contributed by atoms with Crippen molar-refractivity contribution in [3.8, 4) is 0 Å². The van der Waals surface area contributed by atoms with Gasteiger partial charge in [-0.2, -0.15) is 5.10 Å². The van der Waals surface area contributed by atoms with Crippen molar-refractivity contribution in [2.75, 3.05) is 19.3 Å². The number of anilines is 1. The summed E-state index contributed by atoms with van der Waals surface area (Å²) in [7, 11) is 2.25. The molecule has 4 nitrogen and oxygen atoms in total. The Hall–Kier alpha value is -1.03. The number of hydrogen-bond acceptors (Lipinski definition) is 3. The van der Waals surface area contributed by atoms with Crippen LogP contribution in [0.2, 0.25) is 0 Å². The van der Waals surface area contributed by atoms with Crippen LogP contribution in [0, 0.1) is 0 Å². The van der Waals surface area contributed by atoms with Crippen LogP contribution in [0.3, 0.4) is 0 Å². The van der Waals surface area contributed by atoms with Crippen LogP contribution < -0.4 is 5.73 Å². The molecule has 15 heavy (non-hydrogen) atoms. The minimum atomic E-state index is 0.504. The highest BCUT2D eigenvalue weighted by atomic mass is 15.3. The molecule has 1 aliphatic heterocycles. The third-order valence-corrected chi connectivity index (χ3v) is 4.05. The van der Waals surface area contributed by atoms with Crippen molar-refractivity contribution in [1.82, 2.24) is 14.7 Å². The van der Waals surface area contributed by atoms with Gasteiger partial charge in [0.1, 0.15) is 0 Å². The van der Waals surface area contributed by atoms with Crippen LogP contribution in [0.1, 0.15) is 31.7 Å². The molecule has 0 amide bonds. The molecular weight excluding hydrogens is 188 g/mol. The molecule has 1 atom stereocenters. The Kier molecular flexibility index (Phi) is 1.83. The molecule has 0 radical (unpaired) electrons. The SMILES string of the molecule is CN1CCC(n2cc(N)cn2)CC12CC2. The largest absolute Gasteiger partial charge is 0.396 e. The molecule has 2 heterocycles. The summed E-state index contributed by atoms with van der Waals surface area (Å²) in [6, 6.07) is 0.556. The topological polar surface area (TPSA) is 47.1 Å². The molecule has 1 saturated carbocycles. The number of nitrogens with zero attached hydrogens (tertiary/aromatic N) is 3. The second kappa shape index (κ2) is 2.98. The van der Waals surface area contributed by atoms with Crippen molar-refractivity contribution in [2.24, 2.45) is 0 Å². The van der Waals surface area contributed by atoms with E-state index in [4.69, 9.17) is 5.73 Å². The molecule has 1 saturated heterocycles. The first-order chi connectivity index (χ1) is 7.20. The summed E-state index contributed by atoms with van der Waals surface area (Å²) >= 11 is 0. The van der Waals surface area contributed by atoms with Gasteiger partial charge in [0.15, 0.2) is 0 Å². The molecule has 1 aromatic heterocycles. The van der Waals surface area contributed by atoms with Crippen LogP contribution in [-0.4, -0.2) is 33.8 Å². The van der Waals surface area contributed by atoms with Gasteiger partial charge in [-0.3, -0.25) is 4.68 Å². The van der Waals surface area contributed by atoms with Gasteiger partial charge in [0.05, 0.1) is 17.9 Å². The molecule has 4 heteroatoms. The number of aromatic nitrogens is 2. The third kappa shape index (κ3) is 1.44. The zero-order valence-electron chi connectivity index (χ0n) is 9.19. The van der Waals surface area contributed by atoms with E-state index in [0.717, 1.165) is 5.69 Å². The minimum absolute atomic E-state index is 0.504. The number of likely N-dealkylation sites (tertiary alicyclic amines) is 1.